The summed E-state index contributed by atoms with van der Waals surface area (Å²) in [5.74, 6) is 1.19. The Morgan fingerprint density at radius 2 is 2.23 bits per heavy atom. The van der Waals surface area contributed by atoms with Crippen molar-refractivity contribution >= 4 is 29.0 Å². The van der Waals surface area contributed by atoms with Crippen LogP contribution in [-0.4, -0.2) is 26.8 Å². The number of aromatic nitrogens is 3. The van der Waals surface area contributed by atoms with Crippen LogP contribution in [-0.2, 0) is 17.6 Å². The minimum atomic E-state index is 0.0290. The van der Waals surface area contributed by atoms with Gasteiger partial charge < -0.3 is 5.32 Å². The lowest BCUT2D eigenvalue weighted by Crippen LogP contribution is -2.32. The number of rotatable bonds is 6. The van der Waals surface area contributed by atoms with Gasteiger partial charge in [-0.25, -0.2) is 4.98 Å². The predicted molar refractivity (Wildman–Crippen MR) is 104 cm³/mol. The van der Waals surface area contributed by atoms with Gasteiger partial charge in [0.1, 0.15) is 5.82 Å². The Morgan fingerprint density at radius 1 is 1.31 bits per heavy atom. The quantitative estimate of drug-likeness (QED) is 0.635. The lowest BCUT2D eigenvalue weighted by Gasteiger charge is -2.26. The molecule has 2 heterocycles. The summed E-state index contributed by atoms with van der Waals surface area (Å²) in [5, 5.41) is 13.0. The number of carbonyl (C=O) groups excluding carboxylic acids is 1. The Bertz CT molecular complexity index is 875. The Balaban J connectivity index is 1.30. The van der Waals surface area contributed by atoms with Crippen molar-refractivity contribution in [3.05, 3.63) is 63.6 Å². The molecule has 0 saturated heterocycles. The van der Waals surface area contributed by atoms with Crippen molar-refractivity contribution in [3.63, 3.8) is 0 Å². The first-order chi connectivity index (χ1) is 12.8. The van der Waals surface area contributed by atoms with Gasteiger partial charge in [0, 0.05) is 11.3 Å². The van der Waals surface area contributed by atoms with Crippen LogP contribution in [0.15, 0.2) is 46.9 Å². The number of thioether (sulfide) groups is 1. The second kappa shape index (κ2) is 8.05. The first-order valence-electron chi connectivity index (χ1n) is 8.71. The maximum atomic E-state index is 12.4. The number of nitrogens with zero attached hydrogens (tertiary/aromatic N) is 2. The molecule has 2 aromatic heterocycles. The number of aromatic amines is 1. The highest BCUT2D eigenvalue weighted by Crippen LogP contribution is 2.29. The SMILES string of the molecule is O=C(CSc1n[nH]c(Cc2cccs2)n1)NC1CCCc2ccccc21. The molecule has 3 aromatic rings. The van der Waals surface area contributed by atoms with Crippen molar-refractivity contribution in [1.29, 1.82) is 0 Å². The lowest BCUT2D eigenvalue weighted by atomic mass is 9.88. The van der Waals surface area contributed by atoms with Crippen molar-refractivity contribution in [3.8, 4) is 0 Å². The molecule has 1 unspecified atom stereocenters. The number of thiophene rings is 1. The second-order valence-corrected chi connectivity index (χ2v) is 8.30. The molecule has 1 amide bonds. The highest BCUT2D eigenvalue weighted by molar-refractivity contribution is 7.99. The molecule has 2 N–H and O–H groups in total. The normalized spacial score (nSPS) is 16.2. The van der Waals surface area contributed by atoms with Crippen LogP contribution < -0.4 is 5.32 Å². The number of benzene rings is 1. The predicted octanol–water partition coefficient (Wildman–Crippen LogP) is 3.74. The Morgan fingerprint density at radius 3 is 3.12 bits per heavy atom. The van der Waals surface area contributed by atoms with Crippen molar-refractivity contribution in [2.45, 2.75) is 36.9 Å². The zero-order valence-corrected chi connectivity index (χ0v) is 15.9. The second-order valence-electron chi connectivity index (χ2n) is 6.32. The summed E-state index contributed by atoms with van der Waals surface area (Å²) in [5.41, 5.74) is 2.61. The highest BCUT2D eigenvalue weighted by atomic mass is 32.2. The van der Waals surface area contributed by atoms with E-state index in [1.54, 1.807) is 11.3 Å². The standard InChI is InChI=1S/C19H20N4OS2/c24-18(20-16-9-3-6-13-5-1-2-8-15(13)16)12-26-19-21-17(22-23-19)11-14-7-4-10-25-14/h1-2,4-5,7-8,10,16H,3,6,9,11-12H2,(H,20,24)(H,21,22,23). The Labute approximate surface area is 160 Å². The molecule has 0 bridgehead atoms. The summed E-state index contributed by atoms with van der Waals surface area (Å²) < 4.78 is 0. The molecule has 0 fully saturated rings. The highest BCUT2D eigenvalue weighted by Gasteiger charge is 2.21. The van der Waals surface area contributed by atoms with Crippen LogP contribution in [0, 0.1) is 0 Å². The summed E-state index contributed by atoms with van der Waals surface area (Å²) in [6.07, 6.45) is 3.96. The Kier molecular flexibility index (Phi) is 5.36. The van der Waals surface area contributed by atoms with Gasteiger partial charge >= 0.3 is 0 Å². The molecule has 0 spiro atoms. The third-order valence-electron chi connectivity index (χ3n) is 4.47. The summed E-state index contributed by atoms with van der Waals surface area (Å²) in [4.78, 5) is 18.1. The molecule has 1 atom stereocenters. The molecular weight excluding hydrogens is 364 g/mol. The third-order valence-corrected chi connectivity index (χ3v) is 6.19. The number of H-pyrrole nitrogens is 1. The number of carbonyl (C=O) groups is 1. The van der Waals surface area contributed by atoms with E-state index in [9.17, 15) is 4.79 Å². The average molecular weight is 385 g/mol. The van der Waals surface area contributed by atoms with E-state index in [-0.39, 0.29) is 11.9 Å². The van der Waals surface area contributed by atoms with Gasteiger partial charge in [-0.05, 0) is 41.8 Å². The van der Waals surface area contributed by atoms with Crippen LogP contribution in [0.2, 0.25) is 0 Å². The fraction of sp³-hybridized carbons (Fsp3) is 0.316. The van der Waals surface area contributed by atoms with Crippen molar-refractivity contribution in [1.82, 2.24) is 20.5 Å². The van der Waals surface area contributed by atoms with Crippen molar-refractivity contribution < 1.29 is 4.79 Å². The number of nitrogens with one attached hydrogen (secondary N) is 2. The average Bonchev–Trinajstić information content (AvgIpc) is 3.33. The van der Waals surface area contributed by atoms with Crippen LogP contribution in [0.4, 0.5) is 0 Å². The molecule has 0 aliphatic heterocycles. The number of aryl methyl sites for hydroxylation is 1. The Hall–Kier alpha value is -2.12. The maximum absolute atomic E-state index is 12.4. The number of hydrogen-bond donors (Lipinski definition) is 2. The largest absolute Gasteiger partial charge is 0.349 e. The topological polar surface area (TPSA) is 70.7 Å². The molecule has 7 heteroatoms. The maximum Gasteiger partial charge on any atom is 0.230 e. The number of hydrogen-bond acceptors (Lipinski definition) is 5. The molecule has 0 saturated carbocycles. The van der Waals surface area contributed by atoms with E-state index < -0.39 is 0 Å². The summed E-state index contributed by atoms with van der Waals surface area (Å²) in [6.45, 7) is 0. The monoisotopic (exact) mass is 384 g/mol. The van der Waals surface area contributed by atoms with E-state index in [1.165, 1.54) is 27.8 Å². The van der Waals surface area contributed by atoms with Crippen LogP contribution in [0.3, 0.4) is 0 Å². The van der Waals surface area contributed by atoms with Gasteiger partial charge in [0.25, 0.3) is 0 Å². The van der Waals surface area contributed by atoms with Gasteiger partial charge in [0.15, 0.2) is 0 Å². The molecule has 0 radical (unpaired) electrons. The third kappa shape index (κ3) is 4.16. The van der Waals surface area contributed by atoms with Gasteiger partial charge in [-0.3, -0.25) is 9.89 Å². The van der Waals surface area contributed by atoms with Gasteiger partial charge in [-0.2, -0.15) is 0 Å². The zero-order valence-electron chi connectivity index (χ0n) is 14.3. The molecule has 1 aliphatic rings. The van der Waals surface area contributed by atoms with Gasteiger partial charge in [0.2, 0.25) is 11.1 Å². The van der Waals surface area contributed by atoms with Crippen LogP contribution in [0.5, 0.6) is 0 Å². The summed E-state index contributed by atoms with van der Waals surface area (Å²) in [6, 6.07) is 12.6. The van der Waals surface area contributed by atoms with Gasteiger partial charge in [-0.15, -0.1) is 16.4 Å². The van der Waals surface area contributed by atoms with E-state index in [2.05, 4.69) is 50.1 Å². The molecule has 26 heavy (non-hydrogen) atoms. The minimum absolute atomic E-state index is 0.0290. The fourth-order valence-corrected chi connectivity index (χ4v) is 4.61. The van der Waals surface area contributed by atoms with Crippen LogP contribution >= 0.6 is 23.1 Å². The van der Waals surface area contributed by atoms with E-state index in [0.717, 1.165) is 31.5 Å². The fourth-order valence-electron chi connectivity index (χ4n) is 3.27. The summed E-state index contributed by atoms with van der Waals surface area (Å²) >= 11 is 3.07. The van der Waals surface area contributed by atoms with E-state index in [0.29, 0.717) is 10.9 Å². The minimum Gasteiger partial charge on any atom is -0.349 e. The number of fused-ring (bicyclic) bond motifs is 1. The summed E-state index contributed by atoms with van der Waals surface area (Å²) in [7, 11) is 0. The van der Waals surface area contributed by atoms with Crippen LogP contribution in [0.25, 0.3) is 0 Å². The molecule has 5 nitrogen and oxygen atoms in total. The molecule has 4 rings (SSSR count). The first kappa shape index (κ1) is 17.3. The van der Waals surface area contributed by atoms with Crippen LogP contribution in [0.1, 0.15) is 40.7 Å². The van der Waals surface area contributed by atoms with E-state index in [4.69, 9.17) is 0 Å². The molecular formula is C19H20N4OS2. The molecule has 1 aliphatic carbocycles. The van der Waals surface area contributed by atoms with E-state index >= 15 is 0 Å². The van der Waals surface area contributed by atoms with Crippen molar-refractivity contribution in [2.75, 3.05) is 5.75 Å². The zero-order chi connectivity index (χ0) is 17.8. The first-order valence-corrected chi connectivity index (χ1v) is 10.6. The molecule has 134 valence electrons. The molecule has 1 aromatic carbocycles. The number of amides is 1. The van der Waals surface area contributed by atoms with Gasteiger partial charge in [-0.1, -0.05) is 42.1 Å². The lowest BCUT2D eigenvalue weighted by molar-refractivity contribution is -0.119. The smallest absolute Gasteiger partial charge is 0.230 e. The van der Waals surface area contributed by atoms with Gasteiger partial charge in [0.05, 0.1) is 11.8 Å². The van der Waals surface area contributed by atoms with E-state index in [1.807, 2.05) is 12.1 Å². The van der Waals surface area contributed by atoms with Crippen molar-refractivity contribution in [2.24, 2.45) is 0 Å².